The monoisotopic (exact) mass is 227 g/mol. The minimum atomic E-state index is -0.584. The van der Waals surface area contributed by atoms with E-state index >= 15 is 0 Å². The fourth-order valence-electron chi connectivity index (χ4n) is 1.57. The van der Waals surface area contributed by atoms with Gasteiger partial charge in [0.25, 0.3) is 0 Å². The van der Waals surface area contributed by atoms with Crippen LogP contribution in [0.3, 0.4) is 0 Å². The van der Waals surface area contributed by atoms with Crippen molar-refractivity contribution in [3.63, 3.8) is 0 Å². The smallest absolute Gasteiger partial charge is 0.0679 e. The van der Waals surface area contributed by atoms with Gasteiger partial charge in [0.2, 0.25) is 0 Å². The Morgan fingerprint density at radius 2 is 2.07 bits per heavy atom. The molecule has 0 fully saturated rings. The van der Waals surface area contributed by atoms with Crippen molar-refractivity contribution < 1.29 is 5.11 Å². The van der Waals surface area contributed by atoms with E-state index in [1.165, 1.54) is 9.75 Å². The van der Waals surface area contributed by atoms with Crippen LogP contribution >= 0.6 is 11.3 Å². The third kappa shape index (κ3) is 4.33. The molecule has 0 spiro atoms. The Morgan fingerprint density at radius 1 is 1.40 bits per heavy atom. The quantitative estimate of drug-likeness (QED) is 0.781. The first-order valence-electron chi connectivity index (χ1n) is 5.52. The molecule has 0 amide bonds. The second-order valence-electron chi connectivity index (χ2n) is 4.25. The van der Waals surface area contributed by atoms with Crippen LogP contribution in [0.4, 0.5) is 0 Å². The summed E-state index contributed by atoms with van der Waals surface area (Å²) in [6.45, 7) is 4.93. The summed E-state index contributed by atoms with van der Waals surface area (Å²) < 4.78 is 0. The van der Waals surface area contributed by atoms with Gasteiger partial charge in [-0.25, -0.2) is 0 Å². The average Bonchev–Trinajstić information content (AvgIpc) is 2.62. The standard InChI is InChI=1S/C12H21NOS/c1-4-10-5-6-11(15-10)9-12(2,14)7-8-13-3/h5-6,13-14H,4,7-9H2,1-3H3. The van der Waals surface area contributed by atoms with Crippen molar-refractivity contribution >= 4 is 11.3 Å². The number of aliphatic hydroxyl groups is 1. The summed E-state index contributed by atoms with van der Waals surface area (Å²) in [5, 5.41) is 13.2. The fourth-order valence-corrected chi connectivity index (χ4v) is 2.70. The van der Waals surface area contributed by atoms with Crippen molar-refractivity contribution in [1.29, 1.82) is 0 Å². The van der Waals surface area contributed by atoms with Crippen molar-refractivity contribution in [3.8, 4) is 0 Å². The van der Waals surface area contributed by atoms with E-state index in [4.69, 9.17) is 0 Å². The predicted octanol–water partition coefficient (Wildman–Crippen LogP) is 2.21. The molecule has 1 atom stereocenters. The minimum Gasteiger partial charge on any atom is -0.390 e. The Bertz CT molecular complexity index is 294. The van der Waals surface area contributed by atoms with Crippen LogP contribution in [0.5, 0.6) is 0 Å². The first-order valence-corrected chi connectivity index (χ1v) is 6.33. The summed E-state index contributed by atoms with van der Waals surface area (Å²) in [6, 6.07) is 4.30. The molecule has 86 valence electrons. The van der Waals surface area contributed by atoms with Gasteiger partial charge in [-0.05, 0) is 45.5 Å². The zero-order valence-corrected chi connectivity index (χ0v) is 10.7. The molecule has 0 radical (unpaired) electrons. The van der Waals surface area contributed by atoms with Gasteiger partial charge in [0.15, 0.2) is 0 Å². The second-order valence-corrected chi connectivity index (χ2v) is 5.50. The molecule has 2 nitrogen and oxygen atoms in total. The fraction of sp³-hybridized carbons (Fsp3) is 0.667. The van der Waals surface area contributed by atoms with Gasteiger partial charge < -0.3 is 10.4 Å². The van der Waals surface area contributed by atoms with Crippen molar-refractivity contribution in [3.05, 3.63) is 21.9 Å². The van der Waals surface area contributed by atoms with E-state index in [9.17, 15) is 5.11 Å². The van der Waals surface area contributed by atoms with Crippen molar-refractivity contribution in [2.24, 2.45) is 0 Å². The Hall–Kier alpha value is -0.380. The van der Waals surface area contributed by atoms with Crippen LogP contribution < -0.4 is 5.32 Å². The molecule has 3 heteroatoms. The van der Waals surface area contributed by atoms with E-state index in [1.807, 2.05) is 25.3 Å². The van der Waals surface area contributed by atoms with Crippen LogP contribution in [0.25, 0.3) is 0 Å². The lowest BCUT2D eigenvalue weighted by atomic mass is 9.97. The van der Waals surface area contributed by atoms with Crippen LogP contribution in [0, 0.1) is 0 Å². The summed E-state index contributed by atoms with van der Waals surface area (Å²) in [4.78, 5) is 2.68. The highest BCUT2D eigenvalue weighted by atomic mass is 32.1. The molecule has 0 saturated carbocycles. The SMILES string of the molecule is CCc1ccc(CC(C)(O)CCNC)s1. The number of rotatable bonds is 6. The topological polar surface area (TPSA) is 32.3 Å². The summed E-state index contributed by atoms with van der Waals surface area (Å²) in [5.74, 6) is 0. The molecular formula is C12H21NOS. The molecule has 0 aliphatic carbocycles. The van der Waals surface area contributed by atoms with Crippen LogP contribution in [-0.4, -0.2) is 24.3 Å². The van der Waals surface area contributed by atoms with Gasteiger partial charge in [0.1, 0.15) is 0 Å². The van der Waals surface area contributed by atoms with E-state index < -0.39 is 5.60 Å². The number of thiophene rings is 1. The van der Waals surface area contributed by atoms with E-state index in [-0.39, 0.29) is 0 Å². The van der Waals surface area contributed by atoms with Crippen molar-refractivity contribution in [2.45, 2.75) is 38.7 Å². The maximum Gasteiger partial charge on any atom is 0.0679 e. The zero-order valence-electron chi connectivity index (χ0n) is 9.84. The second kappa shape index (κ2) is 5.64. The Labute approximate surface area is 96.3 Å². The lowest BCUT2D eigenvalue weighted by molar-refractivity contribution is 0.0528. The van der Waals surface area contributed by atoms with Gasteiger partial charge in [-0.1, -0.05) is 6.92 Å². The van der Waals surface area contributed by atoms with Crippen LogP contribution in [0.15, 0.2) is 12.1 Å². The summed E-state index contributed by atoms with van der Waals surface area (Å²) in [6.07, 6.45) is 2.64. The molecule has 1 rings (SSSR count). The molecular weight excluding hydrogens is 206 g/mol. The average molecular weight is 227 g/mol. The van der Waals surface area contributed by atoms with Crippen molar-refractivity contribution in [1.82, 2.24) is 5.32 Å². The molecule has 0 aromatic carbocycles. The molecule has 1 aromatic heterocycles. The molecule has 2 N–H and O–H groups in total. The van der Waals surface area contributed by atoms with Gasteiger partial charge in [-0.3, -0.25) is 0 Å². The van der Waals surface area contributed by atoms with E-state index in [1.54, 1.807) is 0 Å². The molecule has 1 unspecified atom stereocenters. The van der Waals surface area contributed by atoms with Gasteiger partial charge >= 0.3 is 0 Å². The van der Waals surface area contributed by atoms with Crippen LogP contribution in [0.1, 0.15) is 30.0 Å². The van der Waals surface area contributed by atoms with Gasteiger partial charge in [0, 0.05) is 16.2 Å². The molecule has 15 heavy (non-hydrogen) atoms. The molecule has 0 aliphatic rings. The molecule has 1 heterocycles. The predicted molar refractivity (Wildman–Crippen MR) is 66.6 cm³/mol. The van der Waals surface area contributed by atoms with Crippen molar-refractivity contribution in [2.75, 3.05) is 13.6 Å². The third-order valence-corrected chi connectivity index (χ3v) is 3.76. The van der Waals surface area contributed by atoms with Gasteiger partial charge in [-0.15, -0.1) is 11.3 Å². The van der Waals surface area contributed by atoms with E-state index in [2.05, 4.69) is 24.4 Å². The maximum atomic E-state index is 10.1. The lowest BCUT2D eigenvalue weighted by Gasteiger charge is -2.22. The molecule has 0 saturated heterocycles. The third-order valence-electron chi connectivity index (χ3n) is 2.53. The zero-order chi connectivity index (χ0) is 11.3. The van der Waals surface area contributed by atoms with Gasteiger partial charge in [-0.2, -0.15) is 0 Å². The largest absolute Gasteiger partial charge is 0.390 e. The van der Waals surface area contributed by atoms with Gasteiger partial charge in [0.05, 0.1) is 5.60 Å². The number of hydrogen-bond donors (Lipinski definition) is 2. The maximum absolute atomic E-state index is 10.1. The molecule has 0 aliphatic heterocycles. The normalized spacial score (nSPS) is 15.2. The highest BCUT2D eigenvalue weighted by Crippen LogP contribution is 2.23. The number of hydrogen-bond acceptors (Lipinski definition) is 3. The van der Waals surface area contributed by atoms with Crippen LogP contribution in [-0.2, 0) is 12.8 Å². The first-order chi connectivity index (χ1) is 7.07. The lowest BCUT2D eigenvalue weighted by Crippen LogP contribution is -2.30. The van der Waals surface area contributed by atoms with E-state index in [0.717, 1.165) is 25.8 Å². The number of aryl methyl sites for hydroxylation is 1. The highest BCUT2D eigenvalue weighted by molar-refractivity contribution is 7.12. The highest BCUT2D eigenvalue weighted by Gasteiger charge is 2.20. The van der Waals surface area contributed by atoms with E-state index in [0.29, 0.717) is 0 Å². The summed E-state index contributed by atoms with van der Waals surface area (Å²) >= 11 is 1.81. The Balaban J connectivity index is 2.52. The summed E-state index contributed by atoms with van der Waals surface area (Å²) in [5.41, 5.74) is -0.584. The Kier molecular flexibility index (Phi) is 4.77. The van der Waals surface area contributed by atoms with Crippen LogP contribution in [0.2, 0.25) is 0 Å². The summed E-state index contributed by atoms with van der Waals surface area (Å²) in [7, 11) is 1.91. The molecule has 1 aromatic rings. The minimum absolute atomic E-state index is 0.584. The first kappa shape index (κ1) is 12.7. The number of nitrogens with one attached hydrogen (secondary N) is 1. The Morgan fingerprint density at radius 3 is 2.60 bits per heavy atom. The molecule has 0 bridgehead atoms.